The number of quaternary nitrogens is 1. The number of likely N-dealkylation sites (N-methyl/N-ethyl adjacent to an activating group) is 1. The highest BCUT2D eigenvalue weighted by Gasteiger charge is 2.02. The summed E-state index contributed by atoms with van der Waals surface area (Å²) in [4.78, 5) is 9.80. The Hall–Kier alpha value is 0.320. The number of carbonyl (C=O) groups is 1. The summed E-state index contributed by atoms with van der Waals surface area (Å²) >= 11 is 1.77. The fraction of sp³-hybridized carbons (Fsp3) is 0.875. The Morgan fingerprint density at radius 1 is 1.42 bits per heavy atom. The molecule has 0 saturated carbocycles. The SMILES string of the molecule is CCC(=O)I.C[N+](C)(C)CCO. The van der Waals surface area contributed by atoms with Crippen LogP contribution < -0.4 is 0 Å². The fourth-order valence-corrected chi connectivity index (χ4v) is 0.300. The lowest BCUT2D eigenvalue weighted by atomic mass is 10.5. The Bertz CT molecular complexity index is 121. The van der Waals surface area contributed by atoms with E-state index in [0.717, 1.165) is 11.0 Å². The van der Waals surface area contributed by atoms with Crippen LogP contribution in [-0.4, -0.2) is 47.7 Å². The molecule has 0 atom stereocenters. The normalized spacial score (nSPS) is 10.2. The third kappa shape index (κ3) is 22.4. The number of aliphatic hydroxyl groups is 1. The third-order valence-corrected chi connectivity index (χ3v) is 1.81. The molecule has 0 bridgehead atoms. The van der Waals surface area contributed by atoms with Gasteiger partial charge in [-0.3, -0.25) is 4.79 Å². The van der Waals surface area contributed by atoms with Crippen LogP contribution in [0.4, 0.5) is 0 Å². The third-order valence-electron chi connectivity index (χ3n) is 1.05. The molecule has 4 heteroatoms. The van der Waals surface area contributed by atoms with Gasteiger partial charge in [0.15, 0.2) is 3.79 Å². The van der Waals surface area contributed by atoms with E-state index in [1.165, 1.54) is 0 Å². The first-order chi connectivity index (χ1) is 5.33. The Kier molecular flexibility index (Phi) is 9.81. The highest BCUT2D eigenvalue weighted by atomic mass is 127. The van der Waals surface area contributed by atoms with E-state index in [1.54, 1.807) is 22.6 Å². The van der Waals surface area contributed by atoms with Crippen molar-refractivity contribution in [2.75, 3.05) is 34.3 Å². The molecule has 0 fully saturated rings. The summed E-state index contributed by atoms with van der Waals surface area (Å²) in [5.74, 6) is 0. The average Bonchev–Trinajstić information content (AvgIpc) is 1.86. The Labute approximate surface area is 88.5 Å². The first kappa shape index (κ1) is 14.8. The van der Waals surface area contributed by atoms with E-state index >= 15 is 0 Å². The Morgan fingerprint density at radius 3 is 1.75 bits per heavy atom. The molecule has 0 heterocycles. The Balaban J connectivity index is 0. The van der Waals surface area contributed by atoms with Gasteiger partial charge in [0, 0.05) is 6.42 Å². The predicted molar refractivity (Wildman–Crippen MR) is 59.3 cm³/mol. The second kappa shape index (κ2) is 7.94. The fourth-order valence-electron chi connectivity index (χ4n) is 0.300. The number of carbonyl (C=O) groups excluding carboxylic acids is 1. The van der Waals surface area contributed by atoms with Crippen molar-refractivity contribution in [2.24, 2.45) is 0 Å². The van der Waals surface area contributed by atoms with Crippen LogP contribution in [0.1, 0.15) is 13.3 Å². The van der Waals surface area contributed by atoms with Crippen molar-refractivity contribution in [3.05, 3.63) is 0 Å². The van der Waals surface area contributed by atoms with Gasteiger partial charge in [-0.1, -0.05) is 6.92 Å². The number of aliphatic hydroxyl groups excluding tert-OH is 1. The van der Waals surface area contributed by atoms with Gasteiger partial charge < -0.3 is 9.59 Å². The van der Waals surface area contributed by atoms with Gasteiger partial charge in [0.25, 0.3) is 0 Å². The van der Waals surface area contributed by atoms with Crippen LogP contribution in [0.25, 0.3) is 0 Å². The van der Waals surface area contributed by atoms with E-state index < -0.39 is 0 Å². The molecule has 0 radical (unpaired) electrons. The van der Waals surface area contributed by atoms with Crippen molar-refractivity contribution in [3.8, 4) is 0 Å². The van der Waals surface area contributed by atoms with E-state index in [0.29, 0.717) is 6.42 Å². The second-order valence-corrected chi connectivity index (χ2v) is 4.65. The van der Waals surface area contributed by atoms with Gasteiger partial charge in [0.2, 0.25) is 0 Å². The van der Waals surface area contributed by atoms with Crippen LogP contribution in [0.3, 0.4) is 0 Å². The number of rotatable bonds is 3. The molecule has 0 aliphatic heterocycles. The highest BCUT2D eigenvalue weighted by Crippen LogP contribution is 1.87. The molecule has 0 rings (SSSR count). The lowest BCUT2D eigenvalue weighted by Crippen LogP contribution is -2.36. The number of hydrogen-bond acceptors (Lipinski definition) is 2. The van der Waals surface area contributed by atoms with Crippen LogP contribution >= 0.6 is 22.6 Å². The molecule has 0 amide bonds. The van der Waals surface area contributed by atoms with Crippen LogP contribution in [0.5, 0.6) is 0 Å². The first-order valence-electron chi connectivity index (χ1n) is 3.93. The maximum absolute atomic E-state index is 9.80. The molecule has 0 aromatic heterocycles. The maximum atomic E-state index is 9.80. The minimum absolute atomic E-state index is 0.225. The van der Waals surface area contributed by atoms with Gasteiger partial charge in [-0.15, -0.1) is 0 Å². The lowest BCUT2D eigenvalue weighted by Gasteiger charge is -2.21. The van der Waals surface area contributed by atoms with Crippen molar-refractivity contribution in [1.82, 2.24) is 0 Å². The molecule has 12 heavy (non-hydrogen) atoms. The molecule has 0 saturated heterocycles. The molecule has 3 nitrogen and oxygen atoms in total. The minimum atomic E-state index is 0.225. The highest BCUT2D eigenvalue weighted by molar-refractivity contribution is 14.1. The predicted octanol–water partition coefficient (Wildman–Crippen LogP) is 1.04. The van der Waals surface area contributed by atoms with Crippen molar-refractivity contribution in [1.29, 1.82) is 0 Å². The zero-order valence-corrected chi connectivity index (χ0v) is 10.5. The maximum Gasteiger partial charge on any atom is 0.192 e. The molecule has 0 aromatic carbocycles. The standard InChI is InChI=1S/C5H14NO.C3H5IO/c1-6(2,3)4-5-7;1-2-3(4)5/h7H,4-5H2,1-3H3;2H2,1H3/q+1;. The lowest BCUT2D eigenvalue weighted by molar-refractivity contribution is -0.870. The molecule has 0 aliphatic rings. The topological polar surface area (TPSA) is 37.3 Å². The molecule has 0 aliphatic carbocycles. The van der Waals surface area contributed by atoms with Crippen molar-refractivity contribution in [2.45, 2.75) is 13.3 Å². The van der Waals surface area contributed by atoms with Crippen LogP contribution in [-0.2, 0) is 4.79 Å². The summed E-state index contributed by atoms with van der Waals surface area (Å²) in [5.41, 5.74) is 0. The van der Waals surface area contributed by atoms with Crippen molar-refractivity contribution >= 4 is 26.4 Å². The summed E-state index contributed by atoms with van der Waals surface area (Å²) in [6.45, 7) is 2.96. The first-order valence-corrected chi connectivity index (χ1v) is 5.01. The summed E-state index contributed by atoms with van der Waals surface area (Å²) in [6.07, 6.45) is 0.653. The monoisotopic (exact) mass is 288 g/mol. The average molecular weight is 288 g/mol. The van der Waals surface area contributed by atoms with E-state index in [4.69, 9.17) is 5.11 Å². The molecule has 0 spiro atoms. The summed E-state index contributed by atoms with van der Waals surface area (Å²) in [7, 11) is 6.16. The second-order valence-electron chi connectivity index (χ2n) is 3.45. The number of nitrogens with zero attached hydrogens (tertiary/aromatic N) is 1. The molecular weight excluding hydrogens is 269 g/mol. The van der Waals surface area contributed by atoms with E-state index in [-0.39, 0.29) is 10.4 Å². The van der Waals surface area contributed by atoms with Crippen LogP contribution in [0, 0.1) is 0 Å². The van der Waals surface area contributed by atoms with Gasteiger partial charge in [-0.2, -0.15) is 0 Å². The smallest absolute Gasteiger partial charge is 0.192 e. The van der Waals surface area contributed by atoms with E-state index in [1.807, 2.05) is 6.92 Å². The summed E-state index contributed by atoms with van der Waals surface area (Å²) < 4.78 is 1.07. The molecule has 0 unspecified atom stereocenters. The summed E-state index contributed by atoms with van der Waals surface area (Å²) in [6, 6.07) is 0. The van der Waals surface area contributed by atoms with E-state index in [2.05, 4.69) is 21.1 Å². The molecule has 0 aromatic rings. The molecule has 74 valence electrons. The quantitative estimate of drug-likeness (QED) is 0.479. The van der Waals surface area contributed by atoms with Gasteiger partial charge in [-0.05, 0) is 22.6 Å². The van der Waals surface area contributed by atoms with Gasteiger partial charge in [-0.25, -0.2) is 0 Å². The van der Waals surface area contributed by atoms with Crippen molar-refractivity contribution in [3.63, 3.8) is 0 Å². The van der Waals surface area contributed by atoms with Crippen molar-refractivity contribution < 1.29 is 14.4 Å². The summed E-state index contributed by atoms with van der Waals surface area (Å²) in [5, 5.41) is 8.39. The molecule has 1 N–H and O–H groups in total. The molecular formula is C8H19INO2+. The van der Waals surface area contributed by atoms with Gasteiger partial charge >= 0.3 is 0 Å². The van der Waals surface area contributed by atoms with Crippen LogP contribution in [0.15, 0.2) is 0 Å². The Morgan fingerprint density at radius 2 is 1.75 bits per heavy atom. The number of hydrogen-bond donors (Lipinski definition) is 1. The van der Waals surface area contributed by atoms with E-state index in [9.17, 15) is 4.79 Å². The van der Waals surface area contributed by atoms with Gasteiger partial charge in [0.1, 0.15) is 6.54 Å². The largest absolute Gasteiger partial charge is 0.391 e. The number of halogens is 1. The van der Waals surface area contributed by atoms with Crippen LogP contribution in [0.2, 0.25) is 0 Å². The zero-order chi connectivity index (χ0) is 10.2. The zero-order valence-electron chi connectivity index (χ0n) is 8.30. The van der Waals surface area contributed by atoms with Gasteiger partial charge in [0.05, 0.1) is 27.7 Å². The minimum Gasteiger partial charge on any atom is -0.391 e.